The van der Waals surface area contributed by atoms with Crippen LogP contribution >= 0.6 is 0 Å². The van der Waals surface area contributed by atoms with E-state index in [-0.39, 0.29) is 103 Å². The van der Waals surface area contributed by atoms with E-state index in [9.17, 15) is 14.7 Å². The monoisotopic (exact) mass is 214 g/mol. The van der Waals surface area contributed by atoms with E-state index in [1.807, 2.05) is 0 Å². The van der Waals surface area contributed by atoms with Crippen LogP contribution in [-0.2, 0) is 0 Å². The van der Waals surface area contributed by atoms with Crippen LogP contribution in [0.15, 0.2) is 14.6 Å². The van der Waals surface area contributed by atoms with E-state index in [1.165, 1.54) is 6.01 Å². The Kier molecular flexibility index (Phi) is 9.20. The zero-order chi connectivity index (χ0) is 7.72. The van der Waals surface area contributed by atoms with Gasteiger partial charge in [-0.1, -0.05) is 0 Å². The molecule has 0 aliphatic heterocycles. The standard InChI is InChI=1S/C5HN2O3.2K/c6-1-7-2-3(8)5(10)4(2)9;;/h8H;;/q-1;2*+1/p-1. The molecule has 1 rings (SSSR count). The zero-order valence-corrected chi connectivity index (χ0v) is 12.9. The van der Waals surface area contributed by atoms with Crippen LogP contribution in [0, 0.1) is 0 Å². The summed E-state index contributed by atoms with van der Waals surface area (Å²) < 4.78 is 0. The first-order valence-electron chi connectivity index (χ1n) is 2.28. The van der Waals surface area contributed by atoms with Crippen molar-refractivity contribution in [1.29, 1.82) is 0 Å². The van der Waals surface area contributed by atoms with Gasteiger partial charge in [0.15, 0.2) is 0 Å². The topological polar surface area (TPSA) is 91.9 Å². The van der Waals surface area contributed by atoms with E-state index in [4.69, 9.17) is 5.41 Å². The van der Waals surface area contributed by atoms with Crippen LogP contribution in [0.2, 0.25) is 0 Å². The van der Waals surface area contributed by atoms with Crippen molar-refractivity contribution in [2.24, 2.45) is 4.99 Å². The molecule has 0 bridgehead atoms. The van der Waals surface area contributed by atoms with Gasteiger partial charge in [-0.15, -0.1) is 0 Å². The van der Waals surface area contributed by atoms with E-state index in [0.29, 0.717) is 0 Å². The van der Waals surface area contributed by atoms with Crippen LogP contribution in [0.25, 0.3) is 5.41 Å². The first-order valence-corrected chi connectivity index (χ1v) is 2.28. The normalized spacial score (nSPS) is 7.67. The Balaban J connectivity index is 0. The summed E-state index contributed by atoms with van der Waals surface area (Å²) in [4.78, 5) is 23.3. The van der Waals surface area contributed by atoms with Gasteiger partial charge in [-0.3, -0.25) is 9.59 Å². The summed E-state index contributed by atoms with van der Waals surface area (Å²) >= 11 is 0. The number of nitrogens with zero attached hydrogens (tertiary/aromatic N) is 2. The third kappa shape index (κ3) is 3.03. The van der Waals surface area contributed by atoms with Gasteiger partial charge in [0.25, 0.3) is 0 Å². The molecule has 1 aromatic rings. The molecule has 7 heteroatoms. The molecule has 12 heavy (non-hydrogen) atoms. The summed E-state index contributed by atoms with van der Waals surface area (Å²) in [5, 5.41) is 18.2. The average Bonchev–Trinajstić information content (AvgIpc) is 1.98. The molecular formula is C5K2N2O3. The van der Waals surface area contributed by atoms with Crippen molar-refractivity contribution in [3.8, 4) is 5.75 Å². The molecule has 0 spiro atoms. The van der Waals surface area contributed by atoms with E-state index in [0.717, 1.165) is 0 Å². The van der Waals surface area contributed by atoms with E-state index >= 15 is 0 Å². The second-order valence-corrected chi connectivity index (χ2v) is 1.55. The Morgan fingerprint density at radius 2 is 1.75 bits per heavy atom. The van der Waals surface area contributed by atoms with Gasteiger partial charge in [0.1, 0.15) is 0 Å². The second kappa shape index (κ2) is 6.91. The first kappa shape index (κ1) is 16.0. The summed E-state index contributed by atoms with van der Waals surface area (Å²) in [5.41, 5.74) is -2.60. The largest absolute Gasteiger partial charge is 1.00 e. The first-order chi connectivity index (χ1) is 4.68. The van der Waals surface area contributed by atoms with Gasteiger partial charge in [-0.25, -0.2) is 0 Å². The predicted molar refractivity (Wildman–Crippen MR) is 31.3 cm³/mol. The van der Waals surface area contributed by atoms with Crippen molar-refractivity contribution < 1.29 is 108 Å². The SMILES string of the molecule is [K+].[K+].[N-]=C=Nc1c([O-])c(=O)c1=O. The van der Waals surface area contributed by atoms with Crippen LogP contribution in [0.4, 0.5) is 5.69 Å². The minimum atomic E-state index is -1.09. The molecule has 5 nitrogen and oxygen atoms in total. The molecule has 0 fully saturated rings. The maximum atomic E-state index is 10.3. The van der Waals surface area contributed by atoms with E-state index in [1.54, 1.807) is 0 Å². The molecule has 0 aliphatic carbocycles. The summed E-state index contributed by atoms with van der Waals surface area (Å²) in [6, 6.07) is 1.25. The average molecular weight is 214 g/mol. The molecule has 0 heterocycles. The van der Waals surface area contributed by atoms with Crippen LogP contribution in [0.3, 0.4) is 0 Å². The van der Waals surface area contributed by atoms with Gasteiger partial charge in [0, 0.05) is 5.69 Å². The van der Waals surface area contributed by atoms with Crippen molar-refractivity contribution >= 4 is 11.7 Å². The van der Waals surface area contributed by atoms with Gasteiger partial charge < -0.3 is 15.5 Å². The fourth-order valence-corrected chi connectivity index (χ4v) is 0.510. The van der Waals surface area contributed by atoms with Gasteiger partial charge in [-0.2, -0.15) is 6.01 Å². The molecule has 0 amide bonds. The summed E-state index contributed by atoms with van der Waals surface area (Å²) in [6.45, 7) is 0. The third-order valence-corrected chi connectivity index (χ3v) is 1.00. The Morgan fingerprint density at radius 3 is 2.08 bits per heavy atom. The van der Waals surface area contributed by atoms with Crippen molar-refractivity contribution in [3.63, 3.8) is 0 Å². The minimum Gasteiger partial charge on any atom is -0.869 e. The Morgan fingerprint density at radius 1 is 1.25 bits per heavy atom. The van der Waals surface area contributed by atoms with E-state index in [2.05, 4.69) is 4.99 Å². The zero-order valence-electron chi connectivity index (χ0n) is 6.62. The second-order valence-electron chi connectivity index (χ2n) is 1.55. The number of hydrogen-bond acceptors (Lipinski definition) is 4. The molecule has 0 saturated heterocycles. The van der Waals surface area contributed by atoms with Gasteiger partial charge in [-0.05, 0) is 5.75 Å². The Labute approximate surface area is 152 Å². The molecule has 0 aliphatic rings. The number of hydrogen-bond donors (Lipinski definition) is 0. The predicted octanol–water partition coefficient (Wildman–Crippen LogP) is -7.26. The maximum Gasteiger partial charge on any atom is 1.00 e. The molecular weight excluding hydrogens is 214 g/mol. The number of aliphatic imine (C=N–C) groups is 1. The van der Waals surface area contributed by atoms with Crippen molar-refractivity contribution in [3.05, 3.63) is 25.9 Å². The molecule has 0 radical (unpaired) electrons. The third-order valence-electron chi connectivity index (χ3n) is 1.00. The molecule has 1 aromatic carbocycles. The Bertz CT molecular complexity index is 387. The summed E-state index contributed by atoms with van der Waals surface area (Å²) in [6.07, 6.45) is 0. The quantitative estimate of drug-likeness (QED) is 0.264. The van der Waals surface area contributed by atoms with Crippen molar-refractivity contribution in [1.82, 2.24) is 0 Å². The molecule has 0 saturated carbocycles. The summed E-state index contributed by atoms with van der Waals surface area (Å²) in [5.74, 6) is -0.966. The van der Waals surface area contributed by atoms with Crippen LogP contribution in [0.1, 0.15) is 0 Å². The van der Waals surface area contributed by atoms with Crippen LogP contribution in [0.5, 0.6) is 5.75 Å². The van der Waals surface area contributed by atoms with Gasteiger partial charge in [0.05, 0.1) is 0 Å². The fourth-order valence-electron chi connectivity index (χ4n) is 0.510. The smallest absolute Gasteiger partial charge is 0.869 e. The summed E-state index contributed by atoms with van der Waals surface area (Å²) in [7, 11) is 0. The van der Waals surface area contributed by atoms with Gasteiger partial charge in [0.2, 0.25) is 10.9 Å². The Hall–Kier alpha value is 1.53. The van der Waals surface area contributed by atoms with Crippen LogP contribution < -0.4 is 119 Å². The van der Waals surface area contributed by atoms with E-state index < -0.39 is 22.3 Å². The van der Waals surface area contributed by atoms with Crippen LogP contribution in [-0.4, -0.2) is 6.01 Å². The molecule has 0 unspecified atom stereocenters. The molecule has 50 valence electrons. The van der Waals surface area contributed by atoms with Crippen molar-refractivity contribution in [2.45, 2.75) is 0 Å². The maximum absolute atomic E-state index is 10.3. The van der Waals surface area contributed by atoms with Crippen molar-refractivity contribution in [2.75, 3.05) is 0 Å². The molecule has 0 N–H and O–H groups in total. The molecule has 0 atom stereocenters. The molecule has 0 aromatic heterocycles. The fraction of sp³-hybridized carbons (Fsp3) is 0. The van der Waals surface area contributed by atoms with Gasteiger partial charge >= 0.3 is 103 Å². The number of rotatable bonds is 1. The minimum absolute atomic E-state index is 0.